The molecule has 0 radical (unpaired) electrons. The van der Waals surface area contributed by atoms with Crippen molar-refractivity contribution < 1.29 is 4.79 Å². The third-order valence-corrected chi connectivity index (χ3v) is 2.83. The molecule has 0 aliphatic carbocycles. The first-order valence-electron chi connectivity index (χ1n) is 5.77. The molecule has 0 bridgehead atoms. The maximum Gasteiger partial charge on any atom is 0.237 e. The maximum atomic E-state index is 11.8. The molecule has 2 N–H and O–H groups in total. The summed E-state index contributed by atoms with van der Waals surface area (Å²) in [6.45, 7) is 4.75. The number of rotatable bonds is 2. The van der Waals surface area contributed by atoms with Gasteiger partial charge in [-0.15, -0.1) is 12.4 Å². The van der Waals surface area contributed by atoms with E-state index < -0.39 is 0 Å². The minimum absolute atomic E-state index is 0. The zero-order valence-electron chi connectivity index (χ0n) is 10.2. The monoisotopic (exact) mass is 254 g/mol. The molecule has 1 aromatic rings. The van der Waals surface area contributed by atoms with Gasteiger partial charge >= 0.3 is 0 Å². The van der Waals surface area contributed by atoms with Crippen LogP contribution >= 0.6 is 12.4 Å². The molecular weight excluding hydrogens is 236 g/mol. The van der Waals surface area contributed by atoms with Crippen LogP contribution in [0.15, 0.2) is 24.3 Å². The molecule has 3 nitrogen and oxygen atoms in total. The summed E-state index contributed by atoms with van der Waals surface area (Å²) >= 11 is 0. The predicted octanol–water partition coefficient (Wildman–Crippen LogP) is 1.65. The lowest BCUT2D eigenvalue weighted by molar-refractivity contribution is -0.123. The van der Waals surface area contributed by atoms with Crippen LogP contribution in [0, 0.1) is 0 Å². The van der Waals surface area contributed by atoms with Gasteiger partial charge in [-0.05, 0) is 31.4 Å². The minimum Gasteiger partial charge on any atom is -0.353 e. The molecule has 1 amide bonds. The van der Waals surface area contributed by atoms with Crippen molar-refractivity contribution >= 4 is 18.3 Å². The van der Waals surface area contributed by atoms with Crippen molar-refractivity contribution in [3.05, 3.63) is 35.4 Å². The fourth-order valence-corrected chi connectivity index (χ4v) is 2.02. The van der Waals surface area contributed by atoms with Crippen molar-refractivity contribution in [2.24, 2.45) is 0 Å². The number of amides is 1. The number of halogens is 1. The number of carbonyl (C=O) groups is 1. The molecule has 1 aliphatic heterocycles. The van der Waals surface area contributed by atoms with Gasteiger partial charge < -0.3 is 10.6 Å². The third-order valence-electron chi connectivity index (χ3n) is 2.83. The van der Waals surface area contributed by atoms with Gasteiger partial charge in [0.15, 0.2) is 0 Å². The summed E-state index contributed by atoms with van der Waals surface area (Å²) < 4.78 is 0. The number of fused-ring (bicyclic) bond motifs is 1. The molecular formula is C13H19ClN2O. The summed E-state index contributed by atoms with van der Waals surface area (Å²) in [6.07, 6.45) is 0.786. The van der Waals surface area contributed by atoms with Gasteiger partial charge in [-0.2, -0.15) is 0 Å². The first-order valence-corrected chi connectivity index (χ1v) is 5.77. The average Bonchev–Trinajstić information content (AvgIpc) is 2.27. The van der Waals surface area contributed by atoms with E-state index in [1.165, 1.54) is 11.1 Å². The molecule has 0 spiro atoms. The van der Waals surface area contributed by atoms with Gasteiger partial charge in [-0.1, -0.05) is 24.3 Å². The second-order valence-corrected chi connectivity index (χ2v) is 4.57. The second-order valence-electron chi connectivity index (χ2n) is 4.57. The Morgan fingerprint density at radius 2 is 2.00 bits per heavy atom. The summed E-state index contributed by atoms with van der Waals surface area (Å²) in [4.78, 5) is 11.8. The van der Waals surface area contributed by atoms with Crippen LogP contribution in [-0.2, 0) is 17.8 Å². The van der Waals surface area contributed by atoms with Crippen LogP contribution in [-0.4, -0.2) is 18.0 Å². The molecule has 1 aliphatic rings. The van der Waals surface area contributed by atoms with Gasteiger partial charge in [-0.3, -0.25) is 4.79 Å². The van der Waals surface area contributed by atoms with E-state index in [1.807, 2.05) is 26.0 Å². The highest BCUT2D eigenvalue weighted by molar-refractivity contribution is 5.85. The average molecular weight is 255 g/mol. The Morgan fingerprint density at radius 3 is 2.65 bits per heavy atom. The van der Waals surface area contributed by atoms with Gasteiger partial charge in [0.25, 0.3) is 0 Å². The fourth-order valence-electron chi connectivity index (χ4n) is 2.02. The van der Waals surface area contributed by atoms with Crippen molar-refractivity contribution in [3.63, 3.8) is 0 Å². The Hall–Kier alpha value is -1.06. The van der Waals surface area contributed by atoms with E-state index in [2.05, 4.69) is 22.8 Å². The number of hydrogen-bond donors (Lipinski definition) is 2. The molecule has 1 heterocycles. The molecule has 2 rings (SSSR count). The Balaban J connectivity index is 0.00000144. The lowest BCUT2D eigenvalue weighted by Crippen LogP contribution is -2.49. The van der Waals surface area contributed by atoms with Crippen molar-refractivity contribution in [2.45, 2.75) is 38.9 Å². The predicted molar refractivity (Wildman–Crippen MR) is 71.3 cm³/mol. The summed E-state index contributed by atoms with van der Waals surface area (Å²) in [5.41, 5.74) is 2.58. The smallest absolute Gasteiger partial charge is 0.237 e. The Bertz CT molecular complexity index is 393. The van der Waals surface area contributed by atoms with Crippen LogP contribution in [0.3, 0.4) is 0 Å². The molecule has 0 aromatic heterocycles. The lowest BCUT2D eigenvalue weighted by Gasteiger charge is -2.26. The maximum absolute atomic E-state index is 11.8. The van der Waals surface area contributed by atoms with Gasteiger partial charge in [0, 0.05) is 12.6 Å². The zero-order valence-corrected chi connectivity index (χ0v) is 11.0. The Labute approximate surface area is 108 Å². The first kappa shape index (κ1) is 14.0. The Kier molecular flexibility index (Phi) is 4.97. The van der Waals surface area contributed by atoms with E-state index in [4.69, 9.17) is 0 Å². The minimum atomic E-state index is -0.0858. The van der Waals surface area contributed by atoms with E-state index in [0.717, 1.165) is 13.0 Å². The summed E-state index contributed by atoms with van der Waals surface area (Å²) in [6, 6.07) is 8.39. The number of benzene rings is 1. The Morgan fingerprint density at radius 1 is 1.35 bits per heavy atom. The van der Waals surface area contributed by atoms with Crippen molar-refractivity contribution in [1.82, 2.24) is 10.6 Å². The molecule has 1 unspecified atom stereocenters. The molecule has 0 saturated heterocycles. The quantitative estimate of drug-likeness (QED) is 0.843. The molecule has 4 heteroatoms. The standard InChI is InChI=1S/C13H18N2O.ClH/c1-9(2)15-13(16)12-7-10-5-3-4-6-11(10)8-14-12;/h3-6,9,12,14H,7-8H2,1-2H3,(H,15,16);1H. The molecule has 0 fully saturated rings. The summed E-state index contributed by atoms with van der Waals surface area (Å²) in [5.74, 6) is 0.101. The van der Waals surface area contributed by atoms with Gasteiger partial charge in [0.2, 0.25) is 5.91 Å². The van der Waals surface area contributed by atoms with Crippen LogP contribution in [0.2, 0.25) is 0 Å². The van der Waals surface area contributed by atoms with Crippen LogP contribution in [0.25, 0.3) is 0 Å². The molecule has 0 saturated carbocycles. The molecule has 94 valence electrons. The largest absolute Gasteiger partial charge is 0.353 e. The van der Waals surface area contributed by atoms with E-state index >= 15 is 0 Å². The van der Waals surface area contributed by atoms with E-state index in [0.29, 0.717) is 0 Å². The van der Waals surface area contributed by atoms with Crippen LogP contribution in [0.5, 0.6) is 0 Å². The first-order chi connectivity index (χ1) is 7.66. The highest BCUT2D eigenvalue weighted by Crippen LogP contribution is 2.16. The van der Waals surface area contributed by atoms with Crippen LogP contribution < -0.4 is 10.6 Å². The molecule has 1 atom stereocenters. The lowest BCUT2D eigenvalue weighted by atomic mass is 9.95. The number of carbonyl (C=O) groups excluding carboxylic acids is 1. The van der Waals surface area contributed by atoms with Crippen molar-refractivity contribution in [3.8, 4) is 0 Å². The van der Waals surface area contributed by atoms with Gasteiger partial charge in [-0.25, -0.2) is 0 Å². The van der Waals surface area contributed by atoms with Crippen LogP contribution in [0.1, 0.15) is 25.0 Å². The summed E-state index contributed by atoms with van der Waals surface area (Å²) in [7, 11) is 0. The zero-order chi connectivity index (χ0) is 11.5. The van der Waals surface area contributed by atoms with Crippen molar-refractivity contribution in [1.29, 1.82) is 0 Å². The molecule has 1 aromatic carbocycles. The normalized spacial score (nSPS) is 18.2. The number of hydrogen-bond acceptors (Lipinski definition) is 2. The highest BCUT2D eigenvalue weighted by Gasteiger charge is 2.23. The van der Waals surface area contributed by atoms with Crippen LogP contribution in [0.4, 0.5) is 0 Å². The summed E-state index contributed by atoms with van der Waals surface area (Å²) in [5, 5.41) is 6.21. The number of nitrogens with one attached hydrogen (secondary N) is 2. The van der Waals surface area contributed by atoms with E-state index in [-0.39, 0.29) is 30.4 Å². The van der Waals surface area contributed by atoms with Gasteiger partial charge in [0.1, 0.15) is 0 Å². The van der Waals surface area contributed by atoms with E-state index in [1.54, 1.807) is 0 Å². The second kappa shape index (κ2) is 6.03. The van der Waals surface area contributed by atoms with Gasteiger partial charge in [0.05, 0.1) is 6.04 Å². The van der Waals surface area contributed by atoms with Crippen molar-refractivity contribution in [2.75, 3.05) is 0 Å². The SMILES string of the molecule is CC(C)NC(=O)C1Cc2ccccc2CN1.Cl. The fraction of sp³-hybridized carbons (Fsp3) is 0.462. The van der Waals surface area contributed by atoms with E-state index in [9.17, 15) is 4.79 Å². The topological polar surface area (TPSA) is 41.1 Å². The molecule has 17 heavy (non-hydrogen) atoms. The third kappa shape index (κ3) is 3.45. The highest BCUT2D eigenvalue weighted by atomic mass is 35.5.